The van der Waals surface area contributed by atoms with Crippen molar-refractivity contribution in [3.05, 3.63) is 0 Å². The number of hydrogen-bond donors (Lipinski definition) is 2. The van der Waals surface area contributed by atoms with E-state index in [0.717, 1.165) is 12.8 Å². The molecule has 0 bridgehead atoms. The van der Waals surface area contributed by atoms with Crippen LogP contribution in [0.3, 0.4) is 0 Å². The third-order valence-electron chi connectivity index (χ3n) is 3.10. The Labute approximate surface area is 103 Å². The molecule has 0 aliphatic carbocycles. The second kappa shape index (κ2) is 6.62. The zero-order valence-corrected chi connectivity index (χ0v) is 11.2. The third kappa shape index (κ3) is 7.77. The van der Waals surface area contributed by atoms with Gasteiger partial charge in [-0.25, -0.2) is 0 Å². The van der Waals surface area contributed by atoms with E-state index >= 15 is 0 Å². The average molecular weight is 244 g/mol. The molecule has 2 atom stereocenters. The van der Waals surface area contributed by atoms with Gasteiger partial charge in [0, 0.05) is 6.42 Å². The maximum atomic E-state index is 10.7. The molecule has 0 aromatic rings. The fraction of sp³-hybridized carbons (Fsp3) is 0.846. The highest BCUT2D eigenvalue weighted by Gasteiger charge is 2.24. The van der Waals surface area contributed by atoms with E-state index in [1.807, 2.05) is 6.92 Å². The van der Waals surface area contributed by atoms with Crippen molar-refractivity contribution in [1.29, 1.82) is 0 Å². The van der Waals surface area contributed by atoms with Gasteiger partial charge in [0.25, 0.3) is 0 Å². The van der Waals surface area contributed by atoms with Crippen LogP contribution in [0.4, 0.5) is 0 Å². The minimum Gasteiger partial charge on any atom is -0.481 e. The highest BCUT2D eigenvalue weighted by Crippen LogP contribution is 2.33. The van der Waals surface area contributed by atoms with Gasteiger partial charge in [-0.05, 0) is 30.6 Å². The molecule has 0 heterocycles. The lowest BCUT2D eigenvalue weighted by molar-refractivity contribution is -0.141. The Hall–Kier alpha value is -1.06. The first kappa shape index (κ1) is 15.9. The maximum Gasteiger partial charge on any atom is 0.306 e. The Kier molecular flexibility index (Phi) is 6.21. The zero-order chi connectivity index (χ0) is 13.6. The summed E-state index contributed by atoms with van der Waals surface area (Å²) in [6.45, 7) is 7.77. The van der Waals surface area contributed by atoms with E-state index in [9.17, 15) is 9.59 Å². The minimum atomic E-state index is -0.771. The summed E-state index contributed by atoms with van der Waals surface area (Å²) in [5, 5.41) is 17.5. The Bertz CT molecular complexity index is 271. The van der Waals surface area contributed by atoms with Crippen LogP contribution < -0.4 is 0 Å². The predicted molar refractivity (Wildman–Crippen MR) is 65.8 cm³/mol. The molecule has 0 radical (unpaired) electrons. The molecule has 0 aliphatic rings. The first-order valence-electron chi connectivity index (χ1n) is 6.08. The van der Waals surface area contributed by atoms with Crippen LogP contribution in [-0.4, -0.2) is 22.2 Å². The van der Waals surface area contributed by atoms with Crippen LogP contribution in [0.15, 0.2) is 0 Å². The van der Waals surface area contributed by atoms with Gasteiger partial charge in [-0.3, -0.25) is 9.59 Å². The van der Waals surface area contributed by atoms with Crippen molar-refractivity contribution >= 4 is 11.9 Å². The molecule has 17 heavy (non-hydrogen) atoms. The largest absolute Gasteiger partial charge is 0.481 e. The van der Waals surface area contributed by atoms with Gasteiger partial charge in [-0.2, -0.15) is 0 Å². The summed E-state index contributed by atoms with van der Waals surface area (Å²) in [6.07, 6.45) is 2.44. The minimum absolute atomic E-state index is 0.00141. The monoisotopic (exact) mass is 244 g/mol. The fourth-order valence-corrected chi connectivity index (χ4v) is 2.15. The van der Waals surface area contributed by atoms with E-state index in [-0.39, 0.29) is 23.7 Å². The van der Waals surface area contributed by atoms with E-state index < -0.39 is 11.9 Å². The van der Waals surface area contributed by atoms with Crippen molar-refractivity contribution in [2.24, 2.45) is 17.3 Å². The Morgan fingerprint density at radius 2 is 1.71 bits per heavy atom. The van der Waals surface area contributed by atoms with Crippen molar-refractivity contribution in [2.75, 3.05) is 0 Å². The van der Waals surface area contributed by atoms with Crippen molar-refractivity contribution in [3.8, 4) is 0 Å². The van der Waals surface area contributed by atoms with Gasteiger partial charge in [0.2, 0.25) is 0 Å². The first-order chi connectivity index (χ1) is 7.64. The summed E-state index contributed by atoms with van der Waals surface area (Å²) >= 11 is 0. The lowest BCUT2D eigenvalue weighted by Crippen LogP contribution is -2.20. The summed E-state index contributed by atoms with van der Waals surface area (Å²) < 4.78 is 0. The van der Waals surface area contributed by atoms with Gasteiger partial charge in [0.15, 0.2) is 0 Å². The van der Waals surface area contributed by atoms with Crippen molar-refractivity contribution in [2.45, 2.75) is 53.4 Å². The van der Waals surface area contributed by atoms with Gasteiger partial charge >= 0.3 is 11.9 Å². The van der Waals surface area contributed by atoms with E-state index in [0.29, 0.717) is 6.42 Å². The van der Waals surface area contributed by atoms with E-state index in [1.54, 1.807) is 6.92 Å². The Balaban J connectivity index is 4.10. The van der Waals surface area contributed by atoms with Crippen LogP contribution in [0.1, 0.15) is 53.4 Å². The maximum absolute atomic E-state index is 10.7. The normalized spacial score (nSPS) is 15.3. The molecule has 4 heteroatoms. The molecule has 0 aromatic heterocycles. The number of carboxylic acid groups (broad SMARTS) is 2. The van der Waals surface area contributed by atoms with Gasteiger partial charge in [-0.15, -0.1) is 0 Å². The predicted octanol–water partition coefficient (Wildman–Crippen LogP) is 3.01. The molecular weight excluding hydrogens is 220 g/mol. The molecule has 0 rings (SSSR count). The second-order valence-corrected chi connectivity index (χ2v) is 5.85. The van der Waals surface area contributed by atoms with Crippen LogP contribution in [-0.2, 0) is 9.59 Å². The molecule has 0 spiro atoms. The zero-order valence-electron chi connectivity index (χ0n) is 11.2. The second-order valence-electron chi connectivity index (χ2n) is 5.85. The summed E-state index contributed by atoms with van der Waals surface area (Å²) in [7, 11) is 0. The Morgan fingerprint density at radius 1 is 1.18 bits per heavy atom. The number of carbonyl (C=O) groups is 2. The molecule has 2 unspecified atom stereocenters. The van der Waals surface area contributed by atoms with Crippen LogP contribution in [0.25, 0.3) is 0 Å². The van der Waals surface area contributed by atoms with Crippen molar-refractivity contribution < 1.29 is 19.8 Å². The number of rotatable bonds is 8. The van der Waals surface area contributed by atoms with Crippen molar-refractivity contribution in [1.82, 2.24) is 0 Å². The third-order valence-corrected chi connectivity index (χ3v) is 3.10. The quantitative estimate of drug-likeness (QED) is 0.688. The molecule has 100 valence electrons. The standard InChI is InChI=1S/C13H24O4/c1-9(7-11(14)15)8-13(3,4)6-5-10(2)12(16)17/h9-10H,5-8H2,1-4H3,(H,14,15)(H,16,17). The van der Waals surface area contributed by atoms with E-state index in [2.05, 4.69) is 13.8 Å². The number of aliphatic carboxylic acids is 2. The smallest absolute Gasteiger partial charge is 0.306 e. The lowest BCUT2D eigenvalue weighted by Gasteiger charge is -2.28. The summed E-state index contributed by atoms with van der Waals surface area (Å²) in [4.78, 5) is 21.3. The number of hydrogen-bond acceptors (Lipinski definition) is 2. The van der Waals surface area contributed by atoms with Crippen LogP contribution >= 0.6 is 0 Å². The fourth-order valence-electron chi connectivity index (χ4n) is 2.15. The van der Waals surface area contributed by atoms with Crippen LogP contribution in [0, 0.1) is 17.3 Å². The van der Waals surface area contributed by atoms with Gasteiger partial charge in [-0.1, -0.05) is 27.7 Å². The molecule has 0 fully saturated rings. The molecule has 0 saturated carbocycles. The van der Waals surface area contributed by atoms with Crippen LogP contribution in [0.2, 0.25) is 0 Å². The topological polar surface area (TPSA) is 74.6 Å². The SMILES string of the molecule is CC(CC(=O)O)CC(C)(C)CCC(C)C(=O)O. The number of carboxylic acids is 2. The molecular formula is C13H24O4. The highest BCUT2D eigenvalue weighted by molar-refractivity contribution is 5.69. The summed E-state index contributed by atoms with van der Waals surface area (Å²) in [5.41, 5.74) is -0.00141. The molecule has 4 nitrogen and oxygen atoms in total. The Morgan fingerprint density at radius 3 is 2.12 bits per heavy atom. The summed E-state index contributed by atoms with van der Waals surface area (Å²) in [6, 6.07) is 0. The highest BCUT2D eigenvalue weighted by atomic mass is 16.4. The first-order valence-corrected chi connectivity index (χ1v) is 6.08. The molecule has 0 saturated heterocycles. The van der Waals surface area contributed by atoms with Gasteiger partial charge in [0.05, 0.1) is 5.92 Å². The molecule has 2 N–H and O–H groups in total. The molecule has 0 amide bonds. The lowest BCUT2D eigenvalue weighted by atomic mass is 9.77. The van der Waals surface area contributed by atoms with E-state index in [4.69, 9.17) is 10.2 Å². The molecule has 0 aliphatic heterocycles. The van der Waals surface area contributed by atoms with E-state index in [1.165, 1.54) is 0 Å². The van der Waals surface area contributed by atoms with Crippen LogP contribution in [0.5, 0.6) is 0 Å². The van der Waals surface area contributed by atoms with Gasteiger partial charge in [0.1, 0.15) is 0 Å². The average Bonchev–Trinajstić information content (AvgIpc) is 2.11. The van der Waals surface area contributed by atoms with Crippen molar-refractivity contribution in [3.63, 3.8) is 0 Å². The molecule has 0 aromatic carbocycles. The summed E-state index contributed by atoms with van der Waals surface area (Å²) in [5.74, 6) is -1.74. The van der Waals surface area contributed by atoms with Gasteiger partial charge < -0.3 is 10.2 Å².